The van der Waals surface area contributed by atoms with Crippen LogP contribution in [0.2, 0.25) is 0 Å². The second-order valence-electron chi connectivity index (χ2n) is 2.92. The van der Waals surface area contributed by atoms with Gasteiger partial charge in [-0.3, -0.25) is 13.6 Å². The Morgan fingerprint density at radius 1 is 1.19 bits per heavy atom. The molecule has 0 N–H and O–H groups in total. The van der Waals surface area contributed by atoms with Crippen molar-refractivity contribution in [1.29, 1.82) is 0 Å². The third-order valence-corrected chi connectivity index (χ3v) is 3.25. The van der Waals surface area contributed by atoms with E-state index < -0.39 is 7.82 Å². The Balaban J connectivity index is 2.41. The summed E-state index contributed by atoms with van der Waals surface area (Å²) in [6.07, 6.45) is 3.62. The summed E-state index contributed by atoms with van der Waals surface area (Å²) in [4.78, 5) is 0. The van der Waals surface area contributed by atoms with Crippen molar-refractivity contribution in [3.63, 3.8) is 0 Å². The van der Waals surface area contributed by atoms with Crippen molar-refractivity contribution in [3.8, 4) is 0 Å². The van der Waals surface area contributed by atoms with Crippen LogP contribution in [0.1, 0.15) is 5.56 Å². The molecule has 5 heteroatoms. The first kappa shape index (κ1) is 13.1. The van der Waals surface area contributed by atoms with Gasteiger partial charge < -0.3 is 0 Å². The van der Waals surface area contributed by atoms with Gasteiger partial charge in [0.1, 0.15) is 0 Å². The maximum Gasteiger partial charge on any atom is 0.474 e. The van der Waals surface area contributed by atoms with Crippen LogP contribution in [0.25, 0.3) is 6.08 Å². The summed E-state index contributed by atoms with van der Waals surface area (Å²) in [7, 11) is -0.788. The normalized spacial score (nSPS) is 12.1. The van der Waals surface area contributed by atoms with Crippen LogP contribution < -0.4 is 0 Å². The summed E-state index contributed by atoms with van der Waals surface area (Å²) in [5, 5.41) is 0. The Hall–Kier alpha value is -0.930. The zero-order valence-electron chi connectivity index (χ0n) is 9.33. The van der Waals surface area contributed by atoms with E-state index >= 15 is 0 Å². The lowest BCUT2D eigenvalue weighted by atomic mass is 10.2. The van der Waals surface area contributed by atoms with Crippen molar-refractivity contribution in [2.24, 2.45) is 0 Å². The first-order chi connectivity index (χ1) is 7.70. The summed E-state index contributed by atoms with van der Waals surface area (Å²) in [5.74, 6) is 0. The van der Waals surface area contributed by atoms with Gasteiger partial charge >= 0.3 is 7.82 Å². The van der Waals surface area contributed by atoms with E-state index in [1.54, 1.807) is 6.08 Å². The number of rotatable bonds is 6. The lowest BCUT2D eigenvalue weighted by molar-refractivity contribution is 0.165. The predicted molar refractivity (Wildman–Crippen MR) is 63.1 cm³/mol. The molecule has 0 aliphatic carbocycles. The molecule has 0 aromatic heterocycles. The van der Waals surface area contributed by atoms with Crippen LogP contribution in [0, 0.1) is 0 Å². The molecule has 4 nitrogen and oxygen atoms in total. The fraction of sp³-hybridized carbons (Fsp3) is 0.273. The SMILES string of the molecule is COP(=O)(OC)OC/C=C/c1ccccc1. The second kappa shape index (κ2) is 6.61. The summed E-state index contributed by atoms with van der Waals surface area (Å²) in [6.45, 7) is 0.174. The van der Waals surface area contributed by atoms with E-state index in [2.05, 4.69) is 9.05 Å². The molecule has 0 unspecified atom stereocenters. The van der Waals surface area contributed by atoms with Gasteiger partial charge in [0.15, 0.2) is 0 Å². The van der Waals surface area contributed by atoms with Gasteiger partial charge in [-0.2, -0.15) is 0 Å². The molecule has 0 bridgehead atoms. The van der Waals surface area contributed by atoms with Crippen LogP contribution in [0.3, 0.4) is 0 Å². The van der Waals surface area contributed by atoms with E-state index in [1.165, 1.54) is 14.2 Å². The zero-order valence-corrected chi connectivity index (χ0v) is 10.2. The fourth-order valence-electron chi connectivity index (χ4n) is 1.06. The molecule has 1 aromatic carbocycles. The predicted octanol–water partition coefficient (Wildman–Crippen LogP) is 3.12. The Kier molecular flexibility index (Phi) is 5.43. The Bertz CT molecular complexity index is 367. The summed E-state index contributed by atoms with van der Waals surface area (Å²) < 4.78 is 25.7. The van der Waals surface area contributed by atoms with Gasteiger partial charge in [0.2, 0.25) is 0 Å². The highest BCUT2D eigenvalue weighted by molar-refractivity contribution is 7.48. The van der Waals surface area contributed by atoms with Gasteiger partial charge in [-0.25, -0.2) is 4.57 Å². The number of hydrogen-bond donors (Lipinski definition) is 0. The summed E-state index contributed by atoms with van der Waals surface area (Å²) in [5.41, 5.74) is 1.05. The lowest BCUT2D eigenvalue weighted by Gasteiger charge is -2.11. The van der Waals surface area contributed by atoms with Gasteiger partial charge in [-0.15, -0.1) is 0 Å². The second-order valence-corrected chi connectivity index (χ2v) is 4.80. The minimum Gasteiger partial charge on any atom is -0.290 e. The van der Waals surface area contributed by atoms with Crippen LogP contribution in [0.4, 0.5) is 0 Å². The smallest absolute Gasteiger partial charge is 0.290 e. The highest BCUT2D eigenvalue weighted by Gasteiger charge is 2.21. The molecule has 1 aromatic rings. The third-order valence-electron chi connectivity index (χ3n) is 1.89. The van der Waals surface area contributed by atoms with E-state index in [9.17, 15) is 4.57 Å². The minimum absolute atomic E-state index is 0.174. The van der Waals surface area contributed by atoms with Gasteiger partial charge in [-0.1, -0.05) is 42.5 Å². The van der Waals surface area contributed by atoms with Gasteiger partial charge in [0.25, 0.3) is 0 Å². The third kappa shape index (κ3) is 4.29. The molecule has 88 valence electrons. The van der Waals surface area contributed by atoms with Crippen molar-refractivity contribution >= 4 is 13.9 Å². The molecule has 16 heavy (non-hydrogen) atoms. The molecule has 0 saturated heterocycles. The van der Waals surface area contributed by atoms with Crippen LogP contribution in [0.15, 0.2) is 36.4 Å². The molecule has 0 heterocycles. The average molecular weight is 242 g/mol. The van der Waals surface area contributed by atoms with E-state index in [0.717, 1.165) is 5.56 Å². The molecule has 0 aliphatic heterocycles. The van der Waals surface area contributed by atoms with Crippen LogP contribution in [-0.4, -0.2) is 20.8 Å². The Morgan fingerprint density at radius 2 is 1.81 bits per heavy atom. The van der Waals surface area contributed by atoms with E-state index in [4.69, 9.17) is 4.52 Å². The molecule has 0 amide bonds. The van der Waals surface area contributed by atoms with E-state index in [1.807, 2.05) is 36.4 Å². The van der Waals surface area contributed by atoms with Crippen molar-refractivity contribution in [3.05, 3.63) is 42.0 Å². The molecular weight excluding hydrogens is 227 g/mol. The number of phosphoric acid groups is 1. The largest absolute Gasteiger partial charge is 0.474 e. The highest BCUT2D eigenvalue weighted by atomic mass is 31.2. The molecule has 0 fully saturated rings. The average Bonchev–Trinajstić information content (AvgIpc) is 2.36. The van der Waals surface area contributed by atoms with Crippen molar-refractivity contribution < 1.29 is 18.1 Å². The summed E-state index contributed by atoms with van der Waals surface area (Å²) >= 11 is 0. The van der Waals surface area contributed by atoms with Crippen LogP contribution >= 0.6 is 7.82 Å². The van der Waals surface area contributed by atoms with Crippen LogP contribution in [-0.2, 0) is 18.1 Å². The Morgan fingerprint density at radius 3 is 2.38 bits per heavy atom. The van der Waals surface area contributed by atoms with Gasteiger partial charge in [0, 0.05) is 14.2 Å². The summed E-state index contributed by atoms with van der Waals surface area (Å²) in [6, 6.07) is 9.74. The number of phosphoric ester groups is 1. The van der Waals surface area contributed by atoms with Gasteiger partial charge in [0.05, 0.1) is 6.61 Å². The Labute approximate surface area is 95.5 Å². The topological polar surface area (TPSA) is 44.8 Å². The molecule has 1 rings (SSSR count). The molecular formula is C11H15O4P. The van der Waals surface area contributed by atoms with Crippen molar-refractivity contribution in [1.82, 2.24) is 0 Å². The molecule has 0 aliphatic rings. The first-order valence-corrected chi connectivity index (χ1v) is 6.24. The molecule has 0 saturated carbocycles. The van der Waals surface area contributed by atoms with E-state index in [-0.39, 0.29) is 6.61 Å². The quantitative estimate of drug-likeness (QED) is 0.719. The number of benzene rings is 1. The van der Waals surface area contributed by atoms with Crippen LogP contribution in [0.5, 0.6) is 0 Å². The van der Waals surface area contributed by atoms with Crippen molar-refractivity contribution in [2.75, 3.05) is 20.8 Å². The minimum atomic E-state index is -3.35. The monoisotopic (exact) mass is 242 g/mol. The maximum atomic E-state index is 11.5. The molecule has 0 radical (unpaired) electrons. The zero-order chi connectivity index (χ0) is 11.9. The first-order valence-electron chi connectivity index (χ1n) is 4.78. The molecule has 0 atom stereocenters. The van der Waals surface area contributed by atoms with E-state index in [0.29, 0.717) is 0 Å². The van der Waals surface area contributed by atoms with Crippen molar-refractivity contribution in [2.45, 2.75) is 0 Å². The highest BCUT2D eigenvalue weighted by Crippen LogP contribution is 2.47. The lowest BCUT2D eigenvalue weighted by Crippen LogP contribution is -1.94. The number of hydrogen-bond acceptors (Lipinski definition) is 4. The molecule has 0 spiro atoms. The standard InChI is InChI=1S/C11H15O4P/c1-13-16(12,14-2)15-10-6-9-11-7-4-3-5-8-11/h3-9H,10H2,1-2H3/b9-6+. The fourth-order valence-corrected chi connectivity index (χ4v) is 1.69. The maximum absolute atomic E-state index is 11.5. The van der Waals surface area contributed by atoms with Gasteiger partial charge in [-0.05, 0) is 5.56 Å².